The number of piperidine rings is 1. The largest absolute Gasteiger partial charge is 0.493 e. The van der Waals surface area contributed by atoms with Crippen LogP contribution in [0.1, 0.15) is 55.6 Å². The number of carbonyl (C=O) groups is 1. The molecule has 1 fully saturated rings. The molecule has 1 aliphatic heterocycles. The van der Waals surface area contributed by atoms with E-state index in [2.05, 4.69) is 20.5 Å². The van der Waals surface area contributed by atoms with Gasteiger partial charge in [0.05, 0.1) is 27.5 Å². The normalized spacial score (nSPS) is 16.8. The van der Waals surface area contributed by atoms with Crippen molar-refractivity contribution >= 4 is 5.91 Å². The summed E-state index contributed by atoms with van der Waals surface area (Å²) in [5, 5.41) is 11.0. The van der Waals surface area contributed by atoms with Gasteiger partial charge in [0.1, 0.15) is 0 Å². The first kappa shape index (κ1) is 23.8. The first-order valence-electron chi connectivity index (χ1n) is 11.2. The Balaban J connectivity index is 1.67. The molecule has 3 rings (SSSR count). The highest BCUT2D eigenvalue weighted by atomic mass is 16.5. The number of methoxy groups -OCH3 is 3. The molecule has 176 valence electrons. The van der Waals surface area contributed by atoms with Crippen molar-refractivity contribution in [2.75, 3.05) is 27.9 Å². The van der Waals surface area contributed by atoms with Crippen molar-refractivity contribution < 1.29 is 19.0 Å². The van der Waals surface area contributed by atoms with E-state index >= 15 is 0 Å². The number of nitrogens with one attached hydrogen (secondary N) is 1. The van der Waals surface area contributed by atoms with Crippen LogP contribution in [0.15, 0.2) is 18.3 Å². The molecule has 0 spiro atoms. The van der Waals surface area contributed by atoms with E-state index in [1.165, 1.54) is 12.8 Å². The zero-order chi connectivity index (χ0) is 23.1. The molecule has 1 N–H and O–H groups in total. The first-order valence-corrected chi connectivity index (χ1v) is 11.2. The second-order valence-electron chi connectivity index (χ2n) is 8.40. The lowest BCUT2D eigenvalue weighted by Gasteiger charge is -2.36. The molecule has 1 atom stereocenters. The summed E-state index contributed by atoms with van der Waals surface area (Å²) >= 11 is 0. The Hall–Kier alpha value is -2.81. The van der Waals surface area contributed by atoms with Crippen LogP contribution in [0, 0.1) is 0 Å². The average molecular weight is 446 g/mol. The highest BCUT2D eigenvalue weighted by Gasteiger charge is 2.25. The van der Waals surface area contributed by atoms with Crippen molar-refractivity contribution in [3.63, 3.8) is 0 Å². The number of likely N-dealkylation sites (tertiary alicyclic amines) is 1. The molecular formula is C23H35N5O4. The van der Waals surface area contributed by atoms with Crippen LogP contribution in [0.3, 0.4) is 0 Å². The number of hydrogen-bond acceptors (Lipinski definition) is 7. The van der Waals surface area contributed by atoms with Crippen LogP contribution in [-0.4, -0.2) is 65.8 Å². The van der Waals surface area contributed by atoms with E-state index in [4.69, 9.17) is 14.2 Å². The van der Waals surface area contributed by atoms with Gasteiger partial charge in [-0.05, 0) is 45.7 Å². The van der Waals surface area contributed by atoms with Gasteiger partial charge in [-0.25, -0.2) is 0 Å². The van der Waals surface area contributed by atoms with Crippen molar-refractivity contribution in [3.05, 3.63) is 29.6 Å². The van der Waals surface area contributed by atoms with Crippen LogP contribution in [0.5, 0.6) is 17.2 Å². The van der Waals surface area contributed by atoms with Crippen LogP contribution in [0.2, 0.25) is 0 Å². The van der Waals surface area contributed by atoms with Gasteiger partial charge < -0.3 is 19.5 Å². The lowest BCUT2D eigenvalue weighted by Crippen LogP contribution is -2.39. The Morgan fingerprint density at radius 2 is 1.94 bits per heavy atom. The molecular weight excluding hydrogens is 410 g/mol. The third kappa shape index (κ3) is 5.70. The zero-order valence-electron chi connectivity index (χ0n) is 19.8. The molecule has 0 radical (unpaired) electrons. The van der Waals surface area contributed by atoms with Crippen LogP contribution in [0.25, 0.3) is 0 Å². The maximum absolute atomic E-state index is 12.1. The summed E-state index contributed by atoms with van der Waals surface area (Å²) in [5.74, 6) is 1.81. The highest BCUT2D eigenvalue weighted by molar-refractivity contribution is 5.91. The summed E-state index contributed by atoms with van der Waals surface area (Å²) < 4.78 is 18.4. The number of benzene rings is 1. The van der Waals surface area contributed by atoms with E-state index < -0.39 is 0 Å². The summed E-state index contributed by atoms with van der Waals surface area (Å²) in [5.41, 5.74) is 1.43. The number of ether oxygens (including phenoxy) is 3. The molecule has 1 aromatic heterocycles. The molecule has 1 aromatic carbocycles. The second-order valence-corrected chi connectivity index (χ2v) is 8.40. The molecule has 2 heterocycles. The molecule has 0 saturated carbocycles. The zero-order valence-corrected chi connectivity index (χ0v) is 19.8. The van der Waals surface area contributed by atoms with Crippen LogP contribution in [-0.2, 0) is 13.1 Å². The van der Waals surface area contributed by atoms with Crippen LogP contribution in [0.4, 0.5) is 0 Å². The van der Waals surface area contributed by atoms with E-state index in [-0.39, 0.29) is 11.9 Å². The minimum Gasteiger partial charge on any atom is -0.493 e. The van der Waals surface area contributed by atoms with Crippen molar-refractivity contribution in [1.82, 2.24) is 25.2 Å². The first-order chi connectivity index (χ1) is 15.5. The van der Waals surface area contributed by atoms with E-state index in [9.17, 15) is 4.79 Å². The molecule has 1 unspecified atom stereocenters. The molecule has 1 amide bonds. The van der Waals surface area contributed by atoms with E-state index in [0.717, 1.165) is 31.5 Å². The van der Waals surface area contributed by atoms with Crippen molar-refractivity contribution in [1.29, 1.82) is 0 Å². The predicted molar refractivity (Wildman–Crippen MR) is 121 cm³/mol. The van der Waals surface area contributed by atoms with Crippen molar-refractivity contribution in [3.8, 4) is 17.2 Å². The summed E-state index contributed by atoms with van der Waals surface area (Å²) in [4.78, 5) is 14.6. The molecule has 1 saturated heterocycles. The minimum atomic E-state index is -0.189. The summed E-state index contributed by atoms with van der Waals surface area (Å²) in [6.45, 7) is 6.36. The molecule has 0 aliphatic carbocycles. The van der Waals surface area contributed by atoms with E-state index in [1.54, 1.807) is 32.2 Å². The maximum Gasteiger partial charge on any atom is 0.273 e. The van der Waals surface area contributed by atoms with Gasteiger partial charge in [0.15, 0.2) is 17.2 Å². The highest BCUT2D eigenvalue weighted by Crippen LogP contribution is 2.40. The fourth-order valence-corrected chi connectivity index (χ4v) is 4.23. The molecule has 32 heavy (non-hydrogen) atoms. The Morgan fingerprint density at radius 3 is 2.62 bits per heavy atom. The lowest BCUT2D eigenvalue weighted by atomic mass is 9.98. The molecule has 9 nitrogen and oxygen atoms in total. The van der Waals surface area contributed by atoms with Crippen molar-refractivity contribution in [2.45, 2.75) is 64.7 Å². The average Bonchev–Trinajstić information content (AvgIpc) is 3.27. The lowest BCUT2D eigenvalue weighted by molar-refractivity contribution is 0.0938. The maximum atomic E-state index is 12.1. The predicted octanol–water partition coefficient (Wildman–Crippen LogP) is 2.89. The Morgan fingerprint density at radius 1 is 1.16 bits per heavy atom. The number of hydrogen-bond donors (Lipinski definition) is 1. The number of aromatic nitrogens is 3. The summed E-state index contributed by atoms with van der Waals surface area (Å²) in [6.07, 6.45) is 6.18. The third-order valence-electron chi connectivity index (χ3n) is 5.79. The fourth-order valence-electron chi connectivity index (χ4n) is 4.23. The van der Waals surface area contributed by atoms with Gasteiger partial charge in [0, 0.05) is 30.7 Å². The quantitative estimate of drug-likeness (QED) is 0.601. The van der Waals surface area contributed by atoms with Gasteiger partial charge in [-0.15, -0.1) is 5.10 Å². The van der Waals surface area contributed by atoms with Gasteiger partial charge in [0.25, 0.3) is 5.91 Å². The fraction of sp³-hybridized carbons (Fsp3) is 0.609. The molecule has 9 heteroatoms. The number of carbonyl (C=O) groups excluding carboxylic acids is 1. The third-order valence-corrected chi connectivity index (χ3v) is 5.79. The topological polar surface area (TPSA) is 90.7 Å². The number of rotatable bonds is 10. The molecule has 1 aliphatic rings. The molecule has 0 bridgehead atoms. The van der Waals surface area contributed by atoms with Gasteiger partial charge in [-0.2, -0.15) is 0 Å². The van der Waals surface area contributed by atoms with E-state index in [1.807, 2.05) is 26.0 Å². The summed E-state index contributed by atoms with van der Waals surface area (Å²) in [7, 11) is 4.91. The van der Waals surface area contributed by atoms with Gasteiger partial charge in [-0.3, -0.25) is 14.4 Å². The SMILES string of the molecule is COc1ccc(CN2CCCCC2CCn2cc(C(=O)NC(C)C)nn2)c(OC)c1OC. The molecule has 2 aromatic rings. The standard InChI is InChI=1S/C23H35N5O4/c1-16(2)24-23(29)19-15-28(26-25-19)13-11-18-8-6-7-12-27(18)14-17-9-10-20(30-3)22(32-5)21(17)31-4/h9-10,15-16,18H,6-8,11-14H2,1-5H3,(H,24,29). The number of amides is 1. The Labute approximate surface area is 190 Å². The Kier molecular flexibility index (Phi) is 8.33. The second kappa shape index (κ2) is 11.2. The van der Waals surface area contributed by atoms with Crippen LogP contribution < -0.4 is 19.5 Å². The monoisotopic (exact) mass is 445 g/mol. The van der Waals surface area contributed by atoms with Crippen LogP contribution >= 0.6 is 0 Å². The van der Waals surface area contributed by atoms with Gasteiger partial charge >= 0.3 is 0 Å². The van der Waals surface area contributed by atoms with Gasteiger partial charge in [0.2, 0.25) is 5.75 Å². The number of nitrogens with zero attached hydrogens (tertiary/aromatic N) is 4. The smallest absolute Gasteiger partial charge is 0.273 e. The minimum absolute atomic E-state index is 0.0667. The van der Waals surface area contributed by atoms with Crippen molar-refractivity contribution in [2.24, 2.45) is 0 Å². The summed E-state index contributed by atoms with van der Waals surface area (Å²) in [6, 6.07) is 4.45. The van der Waals surface area contributed by atoms with E-state index in [0.29, 0.717) is 35.5 Å². The Bertz CT molecular complexity index is 899. The number of aryl methyl sites for hydroxylation is 1. The van der Waals surface area contributed by atoms with Gasteiger partial charge in [-0.1, -0.05) is 17.7 Å².